The van der Waals surface area contributed by atoms with Crippen LogP contribution in [-0.2, 0) is 17.8 Å². The minimum Gasteiger partial charge on any atom is -0.494 e. The number of halogens is 1. The van der Waals surface area contributed by atoms with Gasteiger partial charge >= 0.3 is 0 Å². The quantitative estimate of drug-likeness (QED) is 0.180. The van der Waals surface area contributed by atoms with Gasteiger partial charge in [-0.2, -0.15) is 5.26 Å². The number of fused-ring (bicyclic) bond motifs is 1. The van der Waals surface area contributed by atoms with E-state index in [-0.39, 0.29) is 32.3 Å². The van der Waals surface area contributed by atoms with Gasteiger partial charge in [-0.1, -0.05) is 31.2 Å². The Bertz CT molecular complexity index is 1650. The zero-order valence-electron chi connectivity index (χ0n) is 23.6. The van der Waals surface area contributed by atoms with Crippen molar-refractivity contribution in [3.63, 3.8) is 0 Å². The van der Waals surface area contributed by atoms with E-state index in [1.165, 1.54) is 6.20 Å². The molecule has 5 rings (SSSR count). The number of ether oxygens (including phenoxy) is 2. The zero-order valence-corrected chi connectivity index (χ0v) is 24.4. The van der Waals surface area contributed by atoms with E-state index in [4.69, 9.17) is 21.1 Å². The van der Waals surface area contributed by atoms with Gasteiger partial charge in [0.15, 0.2) is 5.78 Å². The molecule has 222 valence electrons. The average Bonchev–Trinajstić information content (AvgIpc) is 3.41. The zero-order chi connectivity index (χ0) is 29.5. The maximum Gasteiger partial charge on any atom is 0.159 e. The number of nitrogens with zero attached hydrogens (tertiary/aromatic N) is 4. The number of hydrogen-bond donors (Lipinski definition) is 1. The number of hydrogen-bond acceptors (Lipinski definition) is 8. The van der Waals surface area contributed by atoms with Crippen LogP contribution in [0.4, 0.5) is 11.4 Å². The maximum absolute atomic E-state index is 13.0. The number of rotatable bonds is 11. The van der Waals surface area contributed by atoms with Crippen LogP contribution in [0, 0.1) is 11.3 Å². The Hall–Kier alpha value is -4.45. The summed E-state index contributed by atoms with van der Waals surface area (Å²) in [4.78, 5) is 24.0. The molecule has 8 nitrogen and oxygen atoms in total. The molecule has 9 heteroatoms. The lowest BCUT2D eigenvalue weighted by Crippen LogP contribution is -2.22. The largest absolute Gasteiger partial charge is 0.494 e. The molecule has 2 aromatic carbocycles. The lowest BCUT2D eigenvalue weighted by Gasteiger charge is -2.16. The Labute approximate surface area is 257 Å². The fourth-order valence-electron chi connectivity index (χ4n) is 5.03. The fourth-order valence-corrected chi connectivity index (χ4v) is 5.27. The summed E-state index contributed by atoms with van der Waals surface area (Å²) >= 11 is 6.55. The highest BCUT2D eigenvalue weighted by Crippen LogP contribution is 2.36. The van der Waals surface area contributed by atoms with Crippen LogP contribution in [0.15, 0.2) is 73.1 Å². The monoisotopic (exact) mass is 597 g/mol. The summed E-state index contributed by atoms with van der Waals surface area (Å²) in [5.41, 5.74) is 3.76. The topological polar surface area (TPSA) is 100 Å². The first kappa shape index (κ1) is 31.5. The van der Waals surface area contributed by atoms with Gasteiger partial charge in [0.25, 0.3) is 0 Å². The number of nitrogens with one attached hydrogen (secondary N) is 1. The first-order valence-electron chi connectivity index (χ1n) is 13.9. The summed E-state index contributed by atoms with van der Waals surface area (Å²) in [5.74, 6) is 1.11. The molecular formula is C34H36ClN5O3. The summed E-state index contributed by atoms with van der Waals surface area (Å²) < 4.78 is 11.7. The number of likely N-dealkylation sites (N-methyl/N-ethyl adjacent to an activating group) is 1. The smallest absolute Gasteiger partial charge is 0.159 e. The van der Waals surface area contributed by atoms with Crippen LogP contribution in [-0.4, -0.2) is 46.9 Å². The number of anilines is 2. The van der Waals surface area contributed by atoms with E-state index >= 15 is 0 Å². The molecule has 3 heterocycles. The molecule has 1 fully saturated rings. The van der Waals surface area contributed by atoms with Crippen molar-refractivity contribution < 1.29 is 14.3 Å². The molecule has 4 aromatic rings. The third kappa shape index (κ3) is 7.69. The molecule has 0 aliphatic carbocycles. The predicted molar refractivity (Wildman–Crippen MR) is 171 cm³/mol. The van der Waals surface area contributed by atoms with Gasteiger partial charge in [-0.05, 0) is 75.8 Å². The highest BCUT2D eigenvalue weighted by molar-refractivity contribution is 6.32. The lowest BCUT2D eigenvalue weighted by atomic mass is 10.0. The maximum atomic E-state index is 13.0. The van der Waals surface area contributed by atoms with Gasteiger partial charge in [0.05, 0.1) is 34.1 Å². The molecule has 0 unspecified atom stereocenters. The number of likely N-dealkylation sites (tertiary alicyclic amines) is 1. The van der Waals surface area contributed by atoms with Crippen molar-refractivity contribution in [3.05, 3.63) is 94.9 Å². The van der Waals surface area contributed by atoms with Crippen molar-refractivity contribution in [2.24, 2.45) is 0 Å². The molecule has 1 N–H and O–H groups in total. The van der Waals surface area contributed by atoms with Crippen LogP contribution in [0.3, 0.4) is 0 Å². The molecule has 0 bridgehead atoms. The molecular weight excluding hydrogens is 562 g/mol. The summed E-state index contributed by atoms with van der Waals surface area (Å²) in [6.07, 6.45) is 9.26. The fraction of sp³-hybridized carbons (Fsp3) is 0.294. The number of ketones is 1. The molecule has 1 aliphatic heterocycles. The lowest BCUT2D eigenvalue weighted by molar-refractivity contribution is -0.114. The first-order valence-corrected chi connectivity index (χ1v) is 14.3. The van der Waals surface area contributed by atoms with Crippen molar-refractivity contribution in [3.8, 4) is 17.6 Å². The second kappa shape index (κ2) is 14.6. The van der Waals surface area contributed by atoms with Gasteiger partial charge in [0, 0.05) is 47.6 Å². The van der Waals surface area contributed by atoms with E-state index in [9.17, 15) is 10.1 Å². The summed E-state index contributed by atoms with van der Waals surface area (Å²) in [5, 5.41) is 14.4. The van der Waals surface area contributed by atoms with E-state index in [1.54, 1.807) is 24.4 Å². The molecule has 2 aromatic heterocycles. The predicted octanol–water partition coefficient (Wildman–Crippen LogP) is 7.27. The van der Waals surface area contributed by atoms with E-state index in [2.05, 4.69) is 33.3 Å². The SMILES string of the molecule is C.CCOc1cc2ncc(C#N)c(Nc3ccc(OCc4ccccn4)c(Cl)c3)c2cc1CC(=O)/C=C/[C@H]1CCCN1C. The van der Waals surface area contributed by atoms with Crippen LogP contribution >= 0.6 is 11.6 Å². The molecule has 1 aliphatic rings. The van der Waals surface area contributed by atoms with Gasteiger partial charge in [0.2, 0.25) is 0 Å². The number of nitriles is 1. The number of carbonyl (C=O) groups is 1. The number of benzene rings is 2. The summed E-state index contributed by atoms with van der Waals surface area (Å²) in [6, 6.07) is 17.2. The van der Waals surface area contributed by atoms with Gasteiger partial charge < -0.3 is 14.8 Å². The average molecular weight is 598 g/mol. The number of pyridine rings is 2. The normalized spacial score (nSPS) is 14.8. The van der Waals surface area contributed by atoms with Crippen LogP contribution < -0.4 is 14.8 Å². The Morgan fingerprint density at radius 2 is 2.05 bits per heavy atom. The third-order valence-corrected chi connectivity index (χ3v) is 7.51. The van der Waals surface area contributed by atoms with Crippen LogP contribution in [0.5, 0.6) is 11.5 Å². The Kier molecular flexibility index (Phi) is 10.7. The molecule has 0 spiro atoms. The number of carbonyl (C=O) groups excluding carboxylic acids is 1. The third-order valence-electron chi connectivity index (χ3n) is 7.22. The minimum absolute atomic E-state index is 0. The van der Waals surface area contributed by atoms with Crippen LogP contribution in [0.1, 0.15) is 44.0 Å². The van der Waals surface area contributed by atoms with E-state index in [0.717, 1.165) is 30.6 Å². The Morgan fingerprint density at radius 3 is 2.74 bits per heavy atom. The summed E-state index contributed by atoms with van der Waals surface area (Å²) in [6.45, 7) is 3.68. The van der Waals surface area contributed by atoms with E-state index in [0.29, 0.717) is 51.0 Å². The molecule has 0 saturated carbocycles. The standard InChI is InChI=1S/C33H32ClN5O3.CH4/c1-3-41-32-18-30-28(16-22(32)15-27(40)11-10-26-8-6-14-39(26)2)33(23(19-35)20-37-30)38-24-9-12-31(29(34)17-24)42-21-25-7-4-5-13-36-25;/h4-5,7,9-13,16-18,20,26H,3,6,8,14-15,21H2,1-2H3,(H,37,38);1H4/b11-10+;/t26-;/m1./s1. The van der Waals surface area contributed by atoms with E-state index in [1.807, 2.05) is 49.4 Å². The number of allylic oxidation sites excluding steroid dienone is 1. The Morgan fingerprint density at radius 1 is 1.19 bits per heavy atom. The van der Waals surface area contributed by atoms with Crippen molar-refractivity contribution in [2.75, 3.05) is 25.5 Å². The van der Waals surface area contributed by atoms with Crippen LogP contribution in [0.2, 0.25) is 5.02 Å². The van der Waals surface area contributed by atoms with Crippen molar-refractivity contribution >= 4 is 39.7 Å². The molecule has 0 radical (unpaired) electrons. The van der Waals surface area contributed by atoms with Gasteiger partial charge in [-0.3, -0.25) is 19.7 Å². The molecule has 1 atom stereocenters. The summed E-state index contributed by atoms with van der Waals surface area (Å²) in [7, 11) is 2.08. The first-order chi connectivity index (χ1) is 20.4. The second-order valence-electron chi connectivity index (χ2n) is 10.1. The minimum atomic E-state index is -0.0115. The number of aromatic nitrogens is 2. The second-order valence-corrected chi connectivity index (χ2v) is 10.5. The van der Waals surface area contributed by atoms with Crippen molar-refractivity contribution in [1.29, 1.82) is 5.26 Å². The highest BCUT2D eigenvalue weighted by atomic mass is 35.5. The van der Waals surface area contributed by atoms with Gasteiger partial charge in [-0.25, -0.2) is 0 Å². The van der Waals surface area contributed by atoms with Crippen molar-refractivity contribution in [1.82, 2.24) is 14.9 Å². The van der Waals surface area contributed by atoms with Gasteiger partial charge in [-0.15, -0.1) is 0 Å². The van der Waals surface area contributed by atoms with Crippen LogP contribution in [0.25, 0.3) is 10.9 Å². The highest BCUT2D eigenvalue weighted by Gasteiger charge is 2.19. The molecule has 43 heavy (non-hydrogen) atoms. The molecule has 0 amide bonds. The van der Waals surface area contributed by atoms with Gasteiger partial charge in [0.1, 0.15) is 24.2 Å². The van der Waals surface area contributed by atoms with Crippen molar-refractivity contribution in [2.45, 2.75) is 46.3 Å². The Balaban J connectivity index is 0.00000423. The molecule has 1 saturated heterocycles. The van der Waals surface area contributed by atoms with E-state index < -0.39 is 0 Å².